The number of hydrogen-bond acceptors (Lipinski definition) is 3. The van der Waals surface area contributed by atoms with Crippen molar-refractivity contribution in [3.05, 3.63) is 35.9 Å². The fourth-order valence-electron chi connectivity index (χ4n) is 1.66. The molecule has 1 aromatic carbocycles. The Morgan fingerprint density at radius 1 is 1.19 bits per heavy atom. The van der Waals surface area contributed by atoms with Crippen molar-refractivity contribution in [2.24, 2.45) is 0 Å². The van der Waals surface area contributed by atoms with Crippen molar-refractivity contribution in [1.82, 2.24) is 4.31 Å². The summed E-state index contributed by atoms with van der Waals surface area (Å²) in [6, 6.07) is 9.08. The van der Waals surface area contributed by atoms with Gasteiger partial charge in [-0.3, -0.25) is 4.79 Å². The lowest BCUT2D eigenvalue weighted by Crippen LogP contribution is -2.66. The maximum atomic E-state index is 11.8. The molecule has 0 saturated carbocycles. The van der Waals surface area contributed by atoms with E-state index in [4.69, 9.17) is 0 Å². The Bertz CT molecular complexity index is 519. The highest BCUT2D eigenvalue weighted by Gasteiger charge is 2.59. The Labute approximate surface area is 94.9 Å². The van der Waals surface area contributed by atoms with Crippen LogP contribution in [0, 0.1) is 0 Å². The van der Waals surface area contributed by atoms with Gasteiger partial charge in [0.15, 0.2) is 4.75 Å². The number of nitrogens with zero attached hydrogens (tertiary/aromatic N) is 1. The first kappa shape index (κ1) is 11.1. The van der Waals surface area contributed by atoms with Gasteiger partial charge in [0.05, 0.1) is 6.54 Å². The molecule has 1 amide bonds. The van der Waals surface area contributed by atoms with E-state index < -0.39 is 14.8 Å². The summed E-state index contributed by atoms with van der Waals surface area (Å²) in [7, 11) is -3.46. The molecule has 16 heavy (non-hydrogen) atoms. The average molecular weight is 239 g/mol. The lowest BCUT2D eigenvalue weighted by Gasteiger charge is -2.43. The van der Waals surface area contributed by atoms with Gasteiger partial charge in [0.1, 0.15) is 0 Å². The normalized spacial score (nSPS) is 21.6. The molecule has 0 unspecified atom stereocenters. The summed E-state index contributed by atoms with van der Waals surface area (Å²) >= 11 is 0. The van der Waals surface area contributed by atoms with Crippen LogP contribution >= 0.6 is 0 Å². The van der Waals surface area contributed by atoms with Gasteiger partial charge in [-0.15, -0.1) is 0 Å². The van der Waals surface area contributed by atoms with E-state index in [1.54, 1.807) is 12.1 Å². The summed E-state index contributed by atoms with van der Waals surface area (Å²) < 4.78 is 23.3. The third-order valence-corrected chi connectivity index (χ3v) is 5.19. The van der Waals surface area contributed by atoms with Crippen LogP contribution in [0.25, 0.3) is 0 Å². The molecule has 1 aliphatic heterocycles. The number of benzene rings is 1. The van der Waals surface area contributed by atoms with Crippen molar-refractivity contribution in [2.45, 2.75) is 25.1 Å². The fourth-order valence-corrected chi connectivity index (χ4v) is 3.18. The van der Waals surface area contributed by atoms with Crippen LogP contribution in [0.5, 0.6) is 0 Å². The lowest BCUT2D eigenvalue weighted by molar-refractivity contribution is -0.132. The molecule has 0 bridgehead atoms. The summed E-state index contributed by atoms with van der Waals surface area (Å²) in [6.07, 6.45) is 0. The molecule has 4 nitrogen and oxygen atoms in total. The van der Waals surface area contributed by atoms with E-state index in [1.807, 2.05) is 18.2 Å². The van der Waals surface area contributed by atoms with Crippen LogP contribution in [0.15, 0.2) is 30.3 Å². The maximum Gasteiger partial charge on any atom is 0.259 e. The first-order valence-corrected chi connectivity index (χ1v) is 6.42. The van der Waals surface area contributed by atoms with E-state index in [0.717, 1.165) is 9.87 Å². The third kappa shape index (κ3) is 1.35. The molecule has 1 heterocycles. The zero-order valence-electron chi connectivity index (χ0n) is 9.17. The zero-order chi connectivity index (χ0) is 12.0. The maximum absolute atomic E-state index is 11.8. The molecule has 1 fully saturated rings. The zero-order valence-corrected chi connectivity index (χ0v) is 9.99. The second-order valence-corrected chi connectivity index (χ2v) is 6.72. The third-order valence-electron chi connectivity index (χ3n) is 2.85. The summed E-state index contributed by atoms with van der Waals surface area (Å²) in [6.45, 7) is 3.00. The number of carbonyl (C=O) groups excluding carboxylic acids is 1. The van der Waals surface area contributed by atoms with Crippen LogP contribution in [0.4, 0.5) is 0 Å². The second-order valence-electron chi connectivity index (χ2n) is 4.31. The van der Waals surface area contributed by atoms with Crippen molar-refractivity contribution in [1.29, 1.82) is 0 Å². The average Bonchev–Trinajstić information content (AvgIpc) is 2.26. The Hall–Kier alpha value is -1.36. The van der Waals surface area contributed by atoms with Crippen molar-refractivity contribution in [3.63, 3.8) is 0 Å². The second kappa shape index (κ2) is 3.31. The van der Waals surface area contributed by atoms with Gasteiger partial charge in [0, 0.05) is 0 Å². The Morgan fingerprint density at radius 2 is 1.75 bits per heavy atom. The van der Waals surface area contributed by atoms with Gasteiger partial charge in [-0.05, 0) is 19.4 Å². The van der Waals surface area contributed by atoms with Gasteiger partial charge in [-0.1, -0.05) is 30.3 Å². The van der Waals surface area contributed by atoms with Crippen LogP contribution < -0.4 is 0 Å². The molecule has 5 heteroatoms. The Balaban J connectivity index is 2.24. The van der Waals surface area contributed by atoms with E-state index in [-0.39, 0.29) is 12.5 Å². The SMILES string of the molecule is CC1(C)C(=O)N(Cc2ccccc2)S1(=O)=O. The molecule has 0 radical (unpaired) electrons. The van der Waals surface area contributed by atoms with E-state index in [0.29, 0.717) is 0 Å². The van der Waals surface area contributed by atoms with E-state index in [1.165, 1.54) is 13.8 Å². The molecule has 1 aromatic rings. The van der Waals surface area contributed by atoms with Crippen LogP contribution in [0.3, 0.4) is 0 Å². The van der Waals surface area contributed by atoms with Gasteiger partial charge in [0.2, 0.25) is 0 Å². The minimum absolute atomic E-state index is 0.130. The van der Waals surface area contributed by atoms with Crippen LogP contribution in [-0.2, 0) is 21.4 Å². The van der Waals surface area contributed by atoms with Crippen LogP contribution in [0.2, 0.25) is 0 Å². The minimum atomic E-state index is -3.46. The van der Waals surface area contributed by atoms with Gasteiger partial charge in [-0.25, -0.2) is 12.7 Å². The molecule has 0 aliphatic carbocycles. The monoisotopic (exact) mass is 239 g/mol. The van der Waals surface area contributed by atoms with Crippen molar-refractivity contribution in [2.75, 3.05) is 0 Å². The number of carbonyl (C=O) groups is 1. The number of rotatable bonds is 2. The minimum Gasteiger partial charge on any atom is -0.272 e. The Kier molecular flexibility index (Phi) is 2.31. The van der Waals surface area contributed by atoms with Crippen LogP contribution in [0.1, 0.15) is 19.4 Å². The first-order chi connectivity index (χ1) is 7.37. The first-order valence-electron chi connectivity index (χ1n) is 4.98. The van der Waals surface area contributed by atoms with Gasteiger partial charge >= 0.3 is 0 Å². The quantitative estimate of drug-likeness (QED) is 0.777. The highest BCUT2D eigenvalue weighted by Crippen LogP contribution is 2.35. The molecular weight excluding hydrogens is 226 g/mol. The molecule has 1 saturated heterocycles. The summed E-state index contributed by atoms with van der Waals surface area (Å²) in [5, 5.41) is 0. The molecule has 0 spiro atoms. The molecular formula is C11H13NO3S. The topological polar surface area (TPSA) is 54.5 Å². The number of sulfonamides is 1. The van der Waals surface area contributed by atoms with Gasteiger partial charge in [0.25, 0.3) is 15.9 Å². The number of amides is 1. The lowest BCUT2D eigenvalue weighted by atomic mass is 10.1. The Morgan fingerprint density at radius 3 is 2.25 bits per heavy atom. The fraction of sp³-hybridized carbons (Fsp3) is 0.364. The molecule has 1 aliphatic rings. The summed E-state index contributed by atoms with van der Waals surface area (Å²) in [5.41, 5.74) is 0.815. The molecule has 0 N–H and O–H groups in total. The molecule has 86 valence electrons. The summed E-state index contributed by atoms with van der Waals surface area (Å²) in [5.74, 6) is -0.337. The van der Waals surface area contributed by atoms with Crippen molar-refractivity contribution in [3.8, 4) is 0 Å². The van der Waals surface area contributed by atoms with Crippen LogP contribution in [-0.4, -0.2) is 23.4 Å². The van der Waals surface area contributed by atoms with Crippen molar-refractivity contribution >= 4 is 15.9 Å². The van der Waals surface area contributed by atoms with Gasteiger partial charge in [-0.2, -0.15) is 0 Å². The highest BCUT2D eigenvalue weighted by atomic mass is 32.2. The predicted octanol–water partition coefficient (Wildman–Crippen LogP) is 1.14. The van der Waals surface area contributed by atoms with Crippen molar-refractivity contribution < 1.29 is 13.2 Å². The van der Waals surface area contributed by atoms with E-state index in [2.05, 4.69) is 0 Å². The van der Waals surface area contributed by atoms with Gasteiger partial charge < -0.3 is 0 Å². The molecule has 0 aromatic heterocycles. The molecule has 0 atom stereocenters. The van der Waals surface area contributed by atoms with E-state index in [9.17, 15) is 13.2 Å². The smallest absolute Gasteiger partial charge is 0.259 e. The number of hydrogen-bond donors (Lipinski definition) is 0. The standard InChI is InChI=1S/C11H13NO3S/c1-11(2)10(13)12(16(11,14)15)8-9-6-4-3-5-7-9/h3-7H,8H2,1-2H3. The predicted molar refractivity (Wildman–Crippen MR) is 60.0 cm³/mol. The highest BCUT2D eigenvalue weighted by molar-refractivity contribution is 7.94. The largest absolute Gasteiger partial charge is 0.272 e. The summed E-state index contributed by atoms with van der Waals surface area (Å²) in [4.78, 5) is 11.7. The molecule has 2 rings (SSSR count). The van der Waals surface area contributed by atoms with E-state index >= 15 is 0 Å².